The summed E-state index contributed by atoms with van der Waals surface area (Å²) in [7, 11) is 0. The molecule has 0 aliphatic carbocycles. The first-order chi connectivity index (χ1) is 13.9. The van der Waals surface area contributed by atoms with E-state index in [1.165, 1.54) is 6.07 Å². The normalized spacial score (nSPS) is 18.7. The summed E-state index contributed by atoms with van der Waals surface area (Å²) < 4.78 is 43.9. The molecule has 2 aliphatic heterocycles. The van der Waals surface area contributed by atoms with Crippen molar-refractivity contribution in [1.29, 1.82) is 0 Å². The van der Waals surface area contributed by atoms with Gasteiger partial charge in [0.1, 0.15) is 24.2 Å². The van der Waals surface area contributed by atoms with E-state index in [0.717, 1.165) is 12.3 Å². The quantitative estimate of drug-likeness (QED) is 0.857. The zero-order chi connectivity index (χ0) is 20.4. The SMILES string of the molecule is O=C1c2cc(-c3ccc(C(F)(F)F)nc3)ccc2OCCN1CC1N=CC=CN1. The van der Waals surface area contributed by atoms with Gasteiger partial charge in [-0.2, -0.15) is 13.2 Å². The number of rotatable bonds is 3. The number of aromatic nitrogens is 1. The topological polar surface area (TPSA) is 66.8 Å². The summed E-state index contributed by atoms with van der Waals surface area (Å²) in [5, 5.41) is 3.07. The number of halogens is 3. The molecule has 0 spiro atoms. The van der Waals surface area contributed by atoms with Gasteiger partial charge in [-0.15, -0.1) is 0 Å². The number of nitrogens with one attached hydrogen (secondary N) is 1. The molecule has 1 N–H and O–H groups in total. The van der Waals surface area contributed by atoms with Gasteiger partial charge in [-0.3, -0.25) is 14.8 Å². The number of benzene rings is 1. The van der Waals surface area contributed by atoms with E-state index in [0.29, 0.717) is 42.1 Å². The van der Waals surface area contributed by atoms with Gasteiger partial charge in [0.15, 0.2) is 0 Å². The summed E-state index contributed by atoms with van der Waals surface area (Å²) in [5.74, 6) is 0.229. The number of allylic oxidation sites excluding steroid dienone is 1. The highest BCUT2D eigenvalue weighted by Crippen LogP contribution is 2.31. The number of ether oxygens (including phenoxy) is 1. The van der Waals surface area contributed by atoms with Crippen molar-refractivity contribution in [2.75, 3.05) is 19.7 Å². The minimum absolute atomic E-state index is 0.217. The van der Waals surface area contributed by atoms with E-state index in [9.17, 15) is 18.0 Å². The third-order valence-electron chi connectivity index (χ3n) is 4.63. The Balaban J connectivity index is 1.60. The number of carbonyl (C=O) groups is 1. The molecule has 4 rings (SSSR count). The average Bonchev–Trinajstić information content (AvgIpc) is 2.87. The first-order valence-electron chi connectivity index (χ1n) is 8.96. The zero-order valence-electron chi connectivity index (χ0n) is 15.2. The Morgan fingerprint density at radius 3 is 2.72 bits per heavy atom. The zero-order valence-corrected chi connectivity index (χ0v) is 15.2. The molecule has 0 saturated carbocycles. The van der Waals surface area contributed by atoms with Gasteiger partial charge in [-0.1, -0.05) is 12.1 Å². The van der Waals surface area contributed by atoms with E-state index in [1.54, 1.807) is 41.6 Å². The van der Waals surface area contributed by atoms with E-state index in [1.807, 2.05) is 0 Å². The molecule has 150 valence electrons. The maximum absolute atomic E-state index is 13.1. The maximum Gasteiger partial charge on any atom is 0.433 e. The van der Waals surface area contributed by atoms with Crippen LogP contribution in [0.1, 0.15) is 16.1 Å². The van der Waals surface area contributed by atoms with Crippen LogP contribution in [0, 0.1) is 0 Å². The predicted octanol–water partition coefficient (Wildman–Crippen LogP) is 3.12. The summed E-state index contributed by atoms with van der Waals surface area (Å²) in [5.41, 5.74) is 0.458. The Hall–Kier alpha value is -3.36. The molecule has 1 unspecified atom stereocenters. The van der Waals surface area contributed by atoms with E-state index in [-0.39, 0.29) is 12.1 Å². The molecule has 1 atom stereocenters. The van der Waals surface area contributed by atoms with Crippen molar-refractivity contribution in [2.24, 2.45) is 4.99 Å². The lowest BCUT2D eigenvalue weighted by Crippen LogP contribution is -2.42. The Bertz CT molecular complexity index is 971. The van der Waals surface area contributed by atoms with Crippen LogP contribution in [0.2, 0.25) is 0 Å². The summed E-state index contributed by atoms with van der Waals surface area (Å²) in [6.07, 6.45) is 1.61. The van der Waals surface area contributed by atoms with E-state index < -0.39 is 11.9 Å². The molecule has 0 radical (unpaired) electrons. The molecule has 0 bridgehead atoms. The first-order valence-corrected chi connectivity index (χ1v) is 8.96. The van der Waals surface area contributed by atoms with Gasteiger partial charge in [-0.05, 0) is 36.0 Å². The fourth-order valence-corrected chi connectivity index (χ4v) is 3.16. The highest BCUT2D eigenvalue weighted by atomic mass is 19.4. The minimum atomic E-state index is -4.50. The molecule has 0 fully saturated rings. The van der Waals surface area contributed by atoms with Gasteiger partial charge < -0.3 is 15.0 Å². The first kappa shape index (κ1) is 19.0. The van der Waals surface area contributed by atoms with E-state index in [2.05, 4.69) is 15.3 Å². The number of aliphatic imine (C=N–C) groups is 1. The van der Waals surface area contributed by atoms with Gasteiger partial charge in [-0.25, -0.2) is 0 Å². The van der Waals surface area contributed by atoms with Gasteiger partial charge in [0.25, 0.3) is 5.91 Å². The van der Waals surface area contributed by atoms with Gasteiger partial charge in [0.2, 0.25) is 0 Å². The summed E-state index contributed by atoms with van der Waals surface area (Å²) in [6, 6.07) is 7.24. The van der Waals surface area contributed by atoms with Crippen LogP contribution in [0.15, 0.2) is 53.8 Å². The lowest BCUT2D eigenvalue weighted by atomic mass is 10.0. The summed E-state index contributed by atoms with van der Waals surface area (Å²) >= 11 is 0. The number of fused-ring (bicyclic) bond motifs is 1. The van der Waals surface area contributed by atoms with Crippen molar-refractivity contribution in [3.63, 3.8) is 0 Å². The highest BCUT2D eigenvalue weighted by Gasteiger charge is 2.32. The highest BCUT2D eigenvalue weighted by molar-refractivity contribution is 5.98. The standard InChI is InChI=1S/C20H17F3N4O2/c21-20(22,23)17-5-3-14(11-26-17)13-2-4-16-15(10-13)19(28)27(8-9-29-16)12-18-24-6-1-7-25-18/h1-7,10-11,18,24H,8-9,12H2. The summed E-state index contributed by atoms with van der Waals surface area (Å²) in [6.45, 7) is 1.11. The van der Waals surface area contributed by atoms with Crippen LogP contribution in [0.3, 0.4) is 0 Å². The van der Waals surface area contributed by atoms with Crippen molar-refractivity contribution in [1.82, 2.24) is 15.2 Å². The van der Waals surface area contributed by atoms with E-state index in [4.69, 9.17) is 4.74 Å². The molecule has 1 aromatic carbocycles. The molecule has 2 aliphatic rings. The number of nitrogens with zero attached hydrogens (tertiary/aromatic N) is 3. The fourth-order valence-electron chi connectivity index (χ4n) is 3.16. The second-order valence-electron chi connectivity index (χ2n) is 6.58. The van der Waals surface area contributed by atoms with Crippen LogP contribution in [0.4, 0.5) is 13.2 Å². The lowest BCUT2D eigenvalue weighted by Gasteiger charge is -2.25. The molecule has 9 heteroatoms. The maximum atomic E-state index is 13.1. The van der Waals surface area contributed by atoms with Crippen molar-refractivity contribution in [2.45, 2.75) is 12.3 Å². The Morgan fingerprint density at radius 1 is 1.21 bits per heavy atom. The van der Waals surface area contributed by atoms with Gasteiger partial charge in [0, 0.05) is 18.0 Å². The van der Waals surface area contributed by atoms with Crippen LogP contribution in [-0.4, -0.2) is 47.9 Å². The fraction of sp³-hybridized carbons (Fsp3) is 0.250. The second kappa shape index (κ2) is 7.57. The van der Waals surface area contributed by atoms with Crippen LogP contribution in [0.5, 0.6) is 5.75 Å². The van der Waals surface area contributed by atoms with Crippen molar-refractivity contribution >= 4 is 12.1 Å². The summed E-state index contributed by atoms with van der Waals surface area (Å²) in [4.78, 5) is 22.5. The van der Waals surface area contributed by atoms with Crippen LogP contribution >= 0.6 is 0 Å². The third-order valence-corrected chi connectivity index (χ3v) is 4.63. The molecule has 1 amide bonds. The van der Waals surface area contributed by atoms with Gasteiger partial charge >= 0.3 is 6.18 Å². The van der Waals surface area contributed by atoms with Crippen molar-refractivity contribution in [3.8, 4) is 16.9 Å². The molecular formula is C20H17F3N4O2. The molecule has 0 saturated heterocycles. The molecule has 2 aromatic rings. The van der Waals surface area contributed by atoms with Gasteiger partial charge in [0.05, 0.1) is 18.7 Å². The number of pyridine rings is 1. The molecule has 3 heterocycles. The van der Waals surface area contributed by atoms with E-state index >= 15 is 0 Å². The lowest BCUT2D eigenvalue weighted by molar-refractivity contribution is -0.141. The molecule has 1 aromatic heterocycles. The Kier molecular flexibility index (Phi) is 4.96. The number of amides is 1. The molecule has 6 nitrogen and oxygen atoms in total. The number of hydrogen-bond acceptors (Lipinski definition) is 5. The predicted molar refractivity (Wildman–Crippen MR) is 101 cm³/mol. The number of alkyl halides is 3. The second-order valence-corrected chi connectivity index (χ2v) is 6.58. The number of hydrogen-bond donors (Lipinski definition) is 1. The Morgan fingerprint density at radius 2 is 2.03 bits per heavy atom. The monoisotopic (exact) mass is 402 g/mol. The largest absolute Gasteiger partial charge is 0.491 e. The van der Waals surface area contributed by atoms with Crippen molar-refractivity contribution < 1.29 is 22.7 Å². The van der Waals surface area contributed by atoms with Crippen molar-refractivity contribution in [3.05, 3.63) is 60.1 Å². The minimum Gasteiger partial charge on any atom is -0.491 e. The number of carbonyl (C=O) groups excluding carboxylic acids is 1. The smallest absolute Gasteiger partial charge is 0.433 e. The van der Waals surface area contributed by atoms with Crippen LogP contribution in [0.25, 0.3) is 11.1 Å². The molecule has 29 heavy (non-hydrogen) atoms. The Labute approximate surface area is 164 Å². The third kappa shape index (κ3) is 4.08. The van der Waals surface area contributed by atoms with Crippen LogP contribution < -0.4 is 10.1 Å². The molecular weight excluding hydrogens is 385 g/mol. The van der Waals surface area contributed by atoms with Crippen LogP contribution in [-0.2, 0) is 6.18 Å². The average molecular weight is 402 g/mol.